The summed E-state index contributed by atoms with van der Waals surface area (Å²) in [5.74, 6) is 1.88. The third kappa shape index (κ3) is 10.3. The van der Waals surface area contributed by atoms with Gasteiger partial charge in [0.05, 0.1) is 0 Å². The Labute approximate surface area is 98.5 Å². The molecule has 90 valence electrons. The molecule has 0 spiro atoms. The van der Waals surface area contributed by atoms with E-state index in [-0.39, 0.29) is 0 Å². The van der Waals surface area contributed by atoms with E-state index in [1.54, 1.807) is 0 Å². The van der Waals surface area contributed by atoms with Crippen LogP contribution in [0, 0.1) is 5.92 Å². The van der Waals surface area contributed by atoms with Crippen molar-refractivity contribution in [3.05, 3.63) is 0 Å². The Bertz CT molecular complexity index is 121. The minimum Gasteiger partial charge on any atom is -0.0891 e. The zero-order valence-electron chi connectivity index (χ0n) is 11.5. The lowest BCUT2D eigenvalue weighted by atomic mass is 9.62. The molecule has 0 aliphatic heterocycles. The van der Waals surface area contributed by atoms with Crippen LogP contribution in [0.3, 0.4) is 0 Å². The first-order valence-corrected chi connectivity index (χ1v) is 7.20. The van der Waals surface area contributed by atoms with E-state index < -0.39 is 0 Å². The largest absolute Gasteiger partial charge is 0.121 e. The summed E-state index contributed by atoms with van der Waals surface area (Å²) in [6.45, 7) is 9.34. The van der Waals surface area contributed by atoms with E-state index in [1.807, 2.05) is 0 Å². The highest BCUT2D eigenvalue weighted by Crippen LogP contribution is 2.23. The number of hydrogen-bond donors (Lipinski definition) is 0. The molecule has 0 aliphatic carbocycles. The molecule has 0 nitrogen and oxygen atoms in total. The Kier molecular flexibility index (Phi) is 10.6. The van der Waals surface area contributed by atoms with Crippen molar-refractivity contribution in [2.45, 2.75) is 84.8 Å². The lowest BCUT2D eigenvalue weighted by molar-refractivity contribution is 0.506. The summed E-state index contributed by atoms with van der Waals surface area (Å²) in [4.78, 5) is 0. The van der Waals surface area contributed by atoms with Crippen LogP contribution in [0.2, 0.25) is 12.6 Å². The first-order chi connectivity index (χ1) is 7.20. The minimum absolute atomic E-state index is 0.884. The molecule has 15 heavy (non-hydrogen) atoms. The van der Waals surface area contributed by atoms with E-state index in [0.29, 0.717) is 0 Å². The maximum Gasteiger partial charge on any atom is 0.121 e. The fourth-order valence-corrected chi connectivity index (χ4v) is 2.37. The smallest absolute Gasteiger partial charge is 0.0891 e. The molecule has 0 aromatic carbocycles. The Morgan fingerprint density at radius 2 is 1.53 bits per heavy atom. The van der Waals surface area contributed by atoms with Gasteiger partial charge >= 0.3 is 0 Å². The van der Waals surface area contributed by atoms with Gasteiger partial charge < -0.3 is 0 Å². The van der Waals surface area contributed by atoms with Gasteiger partial charge in [0.15, 0.2) is 0 Å². The topological polar surface area (TPSA) is 0 Å². The maximum atomic E-state index is 2.35. The van der Waals surface area contributed by atoms with Gasteiger partial charge in [-0.25, -0.2) is 0 Å². The highest BCUT2D eigenvalue weighted by molar-refractivity contribution is 6.35. The lowest BCUT2D eigenvalue weighted by Crippen LogP contribution is -2.04. The zero-order chi connectivity index (χ0) is 11.5. The molecule has 0 bridgehead atoms. The Morgan fingerprint density at radius 3 is 2.07 bits per heavy atom. The SMILES string of the molecule is CBC(CCCCCCCC)CC(C)C. The minimum atomic E-state index is 0.884. The lowest BCUT2D eigenvalue weighted by Gasteiger charge is -2.16. The molecular weight excluding hydrogens is 179 g/mol. The van der Waals surface area contributed by atoms with Crippen LogP contribution in [0.25, 0.3) is 0 Å². The van der Waals surface area contributed by atoms with E-state index in [0.717, 1.165) is 11.7 Å². The summed E-state index contributed by atoms with van der Waals surface area (Å²) in [6.07, 6.45) is 11.6. The second-order valence-corrected chi connectivity index (χ2v) is 5.46. The normalized spacial score (nSPS) is 13.1. The van der Waals surface area contributed by atoms with Gasteiger partial charge in [-0.2, -0.15) is 0 Å². The second-order valence-electron chi connectivity index (χ2n) is 5.46. The molecule has 0 amide bonds. The van der Waals surface area contributed by atoms with E-state index in [9.17, 15) is 0 Å². The van der Waals surface area contributed by atoms with Crippen molar-refractivity contribution >= 4 is 7.28 Å². The summed E-state index contributed by atoms with van der Waals surface area (Å²) in [6, 6.07) is 0. The summed E-state index contributed by atoms with van der Waals surface area (Å²) < 4.78 is 0. The number of rotatable bonds is 10. The third-order valence-corrected chi connectivity index (χ3v) is 3.35. The number of unbranched alkanes of at least 4 members (excludes halogenated alkanes) is 5. The molecule has 0 N–H and O–H groups in total. The van der Waals surface area contributed by atoms with Crippen LogP contribution in [0.5, 0.6) is 0 Å². The highest BCUT2D eigenvalue weighted by Gasteiger charge is 2.08. The molecule has 0 aromatic heterocycles. The van der Waals surface area contributed by atoms with Crippen LogP contribution >= 0.6 is 0 Å². The van der Waals surface area contributed by atoms with Gasteiger partial charge in [0.1, 0.15) is 7.28 Å². The van der Waals surface area contributed by atoms with Crippen molar-refractivity contribution in [1.82, 2.24) is 0 Å². The molecule has 0 aromatic rings. The molecule has 1 heteroatoms. The molecule has 1 atom stereocenters. The molecule has 0 saturated carbocycles. The van der Waals surface area contributed by atoms with Crippen LogP contribution in [-0.4, -0.2) is 7.28 Å². The second kappa shape index (κ2) is 10.6. The van der Waals surface area contributed by atoms with Crippen LogP contribution in [-0.2, 0) is 0 Å². The van der Waals surface area contributed by atoms with Crippen molar-refractivity contribution in [3.8, 4) is 0 Å². The van der Waals surface area contributed by atoms with Gasteiger partial charge in [-0.05, 0) is 5.92 Å². The standard InChI is InChI=1S/C14H31B/c1-5-6-7-8-9-10-11-14(15-4)12-13(2)3/h13-15H,5-12H2,1-4H3. The van der Waals surface area contributed by atoms with Crippen molar-refractivity contribution < 1.29 is 0 Å². The van der Waals surface area contributed by atoms with Gasteiger partial charge in [0.25, 0.3) is 0 Å². The van der Waals surface area contributed by atoms with Gasteiger partial charge in [-0.15, -0.1) is 0 Å². The summed E-state index contributed by atoms with van der Waals surface area (Å²) in [5.41, 5.74) is 0. The predicted octanol–water partition coefficient (Wildman–Crippen LogP) is 5.06. The fraction of sp³-hybridized carbons (Fsp3) is 1.00. The highest BCUT2D eigenvalue weighted by atomic mass is 14.1. The predicted molar refractivity (Wildman–Crippen MR) is 74.2 cm³/mol. The van der Waals surface area contributed by atoms with E-state index in [1.165, 1.54) is 58.6 Å². The Balaban J connectivity index is 3.30. The van der Waals surface area contributed by atoms with E-state index in [2.05, 4.69) is 27.6 Å². The Hall–Kier alpha value is 0.0649. The van der Waals surface area contributed by atoms with Crippen LogP contribution in [0.1, 0.15) is 72.1 Å². The monoisotopic (exact) mass is 210 g/mol. The van der Waals surface area contributed by atoms with Crippen molar-refractivity contribution in [2.24, 2.45) is 5.92 Å². The van der Waals surface area contributed by atoms with Gasteiger partial charge in [0, 0.05) is 0 Å². The molecule has 0 heterocycles. The molecule has 0 fully saturated rings. The van der Waals surface area contributed by atoms with E-state index >= 15 is 0 Å². The van der Waals surface area contributed by atoms with Crippen LogP contribution in [0.15, 0.2) is 0 Å². The molecule has 0 aliphatic rings. The first kappa shape index (κ1) is 15.1. The van der Waals surface area contributed by atoms with Gasteiger partial charge in [-0.3, -0.25) is 0 Å². The average Bonchev–Trinajstić information content (AvgIpc) is 2.20. The van der Waals surface area contributed by atoms with Crippen molar-refractivity contribution in [1.29, 1.82) is 0 Å². The zero-order valence-corrected chi connectivity index (χ0v) is 11.5. The number of hydrogen-bond acceptors (Lipinski definition) is 0. The summed E-state index contributed by atoms with van der Waals surface area (Å²) in [7, 11) is 1.38. The molecule has 0 saturated heterocycles. The Morgan fingerprint density at radius 1 is 0.933 bits per heavy atom. The maximum absolute atomic E-state index is 2.35. The van der Waals surface area contributed by atoms with Crippen molar-refractivity contribution in [2.75, 3.05) is 0 Å². The molecule has 0 radical (unpaired) electrons. The van der Waals surface area contributed by atoms with Crippen LogP contribution < -0.4 is 0 Å². The molecular formula is C14H31B. The molecule has 1 unspecified atom stereocenters. The van der Waals surface area contributed by atoms with Gasteiger partial charge in [-0.1, -0.05) is 84.8 Å². The average molecular weight is 210 g/mol. The van der Waals surface area contributed by atoms with E-state index in [4.69, 9.17) is 0 Å². The van der Waals surface area contributed by atoms with Crippen LogP contribution in [0.4, 0.5) is 0 Å². The summed E-state index contributed by atoms with van der Waals surface area (Å²) in [5, 5.41) is 0. The third-order valence-electron chi connectivity index (χ3n) is 3.35. The van der Waals surface area contributed by atoms with Gasteiger partial charge in [0.2, 0.25) is 0 Å². The molecule has 0 rings (SSSR count). The van der Waals surface area contributed by atoms with Crippen molar-refractivity contribution in [3.63, 3.8) is 0 Å². The first-order valence-electron chi connectivity index (χ1n) is 7.20. The fourth-order valence-electron chi connectivity index (χ4n) is 2.37. The summed E-state index contributed by atoms with van der Waals surface area (Å²) >= 11 is 0. The quantitative estimate of drug-likeness (QED) is 0.349.